The van der Waals surface area contributed by atoms with Gasteiger partial charge in [-0.3, -0.25) is 4.99 Å². The van der Waals surface area contributed by atoms with Crippen molar-refractivity contribution >= 4 is 0 Å². The molecule has 0 amide bonds. The average molecular weight is 298 g/mol. The number of aromatic amines is 1. The third kappa shape index (κ3) is 7.71. The zero-order chi connectivity index (χ0) is 12.3. The van der Waals surface area contributed by atoms with E-state index in [1.807, 2.05) is 34.6 Å². The molecule has 0 atom stereocenters. The summed E-state index contributed by atoms with van der Waals surface area (Å²) < 4.78 is 1.51. The molecule has 5 heteroatoms. The molecule has 0 radical (unpaired) electrons. The van der Waals surface area contributed by atoms with Crippen LogP contribution in [0.2, 0.25) is 0 Å². The van der Waals surface area contributed by atoms with Gasteiger partial charge in [0.15, 0.2) is 5.62 Å². The van der Waals surface area contributed by atoms with Gasteiger partial charge in [-0.1, -0.05) is 27.7 Å². The van der Waals surface area contributed by atoms with E-state index in [1.165, 1.54) is 10.8 Å². The molecule has 0 aromatic carbocycles. The molecule has 0 saturated heterocycles. The molecule has 0 spiro atoms. The van der Waals surface area contributed by atoms with Crippen molar-refractivity contribution in [2.45, 2.75) is 41.2 Å². The molecule has 1 N–H and O–H groups in total. The van der Waals surface area contributed by atoms with Crippen molar-refractivity contribution in [3.05, 3.63) is 28.2 Å². The minimum absolute atomic E-state index is 0. The Kier molecular flexibility index (Phi) is 21.0. The predicted molar refractivity (Wildman–Crippen MR) is 63.7 cm³/mol. The summed E-state index contributed by atoms with van der Waals surface area (Å²) in [7, 11) is 1.64. The predicted octanol–water partition coefficient (Wildman–Crippen LogP) is -1.42. The quantitative estimate of drug-likeness (QED) is 0.636. The van der Waals surface area contributed by atoms with Crippen molar-refractivity contribution in [1.29, 1.82) is 0 Å². The molecule has 1 heterocycles. The average Bonchev–Trinajstić information content (AvgIpc) is 2.33. The Hall–Kier alpha value is 0.485. The molecular formula is C11H22N3ORb. The summed E-state index contributed by atoms with van der Waals surface area (Å²) in [5, 5.41) is 0. The van der Waals surface area contributed by atoms with Crippen LogP contribution >= 0.6 is 0 Å². The monoisotopic (exact) mass is 297 g/mol. The van der Waals surface area contributed by atoms with E-state index < -0.39 is 0 Å². The summed E-state index contributed by atoms with van der Waals surface area (Å²) >= 11 is 0. The fourth-order valence-corrected chi connectivity index (χ4v) is 0.893. The van der Waals surface area contributed by atoms with Gasteiger partial charge in [-0.05, 0) is 6.92 Å². The van der Waals surface area contributed by atoms with E-state index >= 15 is 0 Å². The van der Waals surface area contributed by atoms with Gasteiger partial charge in [0, 0.05) is 13.6 Å². The molecule has 1 rings (SSSR count). The van der Waals surface area contributed by atoms with E-state index in [1.54, 1.807) is 7.05 Å². The van der Waals surface area contributed by atoms with Crippen LogP contribution in [0.3, 0.4) is 0 Å². The standard InChI is InChI=1S/C7H10N3O.2C2H6.Rb/c1-3-10-6(11)4-5-9-7(10)8-2;2*1-2;/h5H,3H2,1-2H3,(H,8,9);2*1-2H3;/q-1;;;+1. The van der Waals surface area contributed by atoms with Crippen LogP contribution in [0.4, 0.5) is 0 Å². The largest absolute Gasteiger partial charge is 1.00 e. The first-order valence-corrected chi connectivity index (χ1v) is 5.42. The third-order valence-electron chi connectivity index (χ3n) is 1.43. The fourth-order valence-electron chi connectivity index (χ4n) is 0.893. The van der Waals surface area contributed by atoms with Crippen molar-refractivity contribution in [1.82, 2.24) is 9.55 Å². The van der Waals surface area contributed by atoms with Crippen molar-refractivity contribution in [2.24, 2.45) is 4.99 Å². The fraction of sp³-hybridized carbons (Fsp3) is 0.636. The molecule has 0 fully saturated rings. The molecule has 0 bridgehead atoms. The molecule has 0 saturated carbocycles. The van der Waals surface area contributed by atoms with Crippen LogP contribution in [-0.4, -0.2) is 16.6 Å². The molecular weight excluding hydrogens is 276 g/mol. The van der Waals surface area contributed by atoms with Crippen molar-refractivity contribution in [3.8, 4) is 0 Å². The van der Waals surface area contributed by atoms with Crippen LogP contribution in [0.5, 0.6) is 0 Å². The minimum atomic E-state index is -0.146. The molecule has 16 heavy (non-hydrogen) atoms. The van der Waals surface area contributed by atoms with Crippen LogP contribution in [-0.2, 0) is 6.54 Å². The Balaban J connectivity index is -0.000000305. The van der Waals surface area contributed by atoms with Crippen molar-refractivity contribution in [3.63, 3.8) is 0 Å². The normalized spacial score (nSPS) is 9.00. The number of hydrogen-bond acceptors (Lipinski definition) is 2. The molecule has 0 unspecified atom stereocenters. The van der Waals surface area contributed by atoms with Crippen molar-refractivity contribution in [2.75, 3.05) is 7.05 Å². The molecule has 1 aromatic rings. The number of nitrogens with one attached hydrogen (secondary N) is 1. The van der Waals surface area contributed by atoms with E-state index in [9.17, 15) is 4.79 Å². The SMILES string of the molecule is CC.CC.CCn1c(=O)[c-]c[nH]c1=NC.[Rb+]. The summed E-state index contributed by atoms with van der Waals surface area (Å²) in [5.41, 5.74) is 0.433. The zero-order valence-corrected chi connectivity index (χ0v) is 16.5. The van der Waals surface area contributed by atoms with E-state index in [-0.39, 0.29) is 63.7 Å². The summed E-state index contributed by atoms with van der Waals surface area (Å²) in [6, 6.07) is 2.52. The van der Waals surface area contributed by atoms with Gasteiger partial charge >= 0.3 is 58.2 Å². The number of hydrogen-bond donors (Lipinski definition) is 1. The van der Waals surface area contributed by atoms with Crippen molar-refractivity contribution < 1.29 is 58.2 Å². The molecule has 1 aromatic heterocycles. The number of nitrogens with zero attached hydrogens (tertiary/aromatic N) is 2. The second-order valence-electron chi connectivity index (χ2n) is 2.03. The van der Waals surface area contributed by atoms with E-state index in [0.29, 0.717) is 12.2 Å². The molecule has 0 aliphatic heterocycles. The topological polar surface area (TPSA) is 50.1 Å². The molecule has 0 aliphatic rings. The van der Waals surface area contributed by atoms with E-state index in [0.717, 1.165) is 0 Å². The van der Waals surface area contributed by atoms with Gasteiger partial charge < -0.3 is 20.4 Å². The smallest absolute Gasteiger partial charge is 0.387 e. The summed E-state index contributed by atoms with van der Waals surface area (Å²) in [5.74, 6) is 0. The summed E-state index contributed by atoms with van der Waals surface area (Å²) in [6.45, 7) is 10.5. The van der Waals surface area contributed by atoms with Gasteiger partial charge in [0.25, 0.3) is 0 Å². The summed E-state index contributed by atoms with van der Waals surface area (Å²) in [6.07, 6.45) is 1.47. The Labute approximate surface area is 147 Å². The first-order valence-electron chi connectivity index (χ1n) is 5.42. The van der Waals surface area contributed by atoms with E-state index in [4.69, 9.17) is 0 Å². The second-order valence-corrected chi connectivity index (χ2v) is 2.03. The van der Waals surface area contributed by atoms with Gasteiger partial charge in [0.2, 0.25) is 0 Å². The Morgan fingerprint density at radius 3 is 2.19 bits per heavy atom. The molecule has 88 valence electrons. The number of rotatable bonds is 1. The summed E-state index contributed by atoms with van der Waals surface area (Å²) in [4.78, 5) is 17.8. The maximum Gasteiger partial charge on any atom is 1.00 e. The number of H-pyrrole nitrogens is 1. The first kappa shape index (κ1) is 21.7. The molecule has 4 nitrogen and oxygen atoms in total. The van der Waals surface area contributed by atoms with Crippen LogP contribution < -0.4 is 69.4 Å². The van der Waals surface area contributed by atoms with Crippen LogP contribution in [0.25, 0.3) is 0 Å². The number of aromatic nitrogens is 2. The van der Waals surface area contributed by atoms with Crippen LogP contribution in [0, 0.1) is 6.07 Å². The molecule has 0 aliphatic carbocycles. The maximum atomic E-state index is 11.1. The zero-order valence-electron chi connectivity index (χ0n) is 11.6. The van der Waals surface area contributed by atoms with E-state index in [2.05, 4.69) is 16.0 Å². The van der Waals surface area contributed by atoms with Crippen LogP contribution in [0.15, 0.2) is 16.0 Å². The van der Waals surface area contributed by atoms with Gasteiger partial charge in [0.1, 0.15) is 0 Å². The van der Waals surface area contributed by atoms with Crippen LogP contribution in [0.1, 0.15) is 34.6 Å². The third-order valence-corrected chi connectivity index (χ3v) is 1.43. The first-order chi connectivity index (χ1) is 7.29. The van der Waals surface area contributed by atoms with Gasteiger partial charge in [0.05, 0.1) is 5.56 Å². The van der Waals surface area contributed by atoms with Gasteiger partial charge in [-0.15, -0.1) is 0 Å². The minimum Gasteiger partial charge on any atom is -0.387 e. The Bertz CT molecular complexity index is 355. The maximum absolute atomic E-state index is 11.1. The Morgan fingerprint density at radius 2 is 1.88 bits per heavy atom. The second kappa shape index (κ2) is 15.5. The van der Waals surface area contributed by atoms with Gasteiger partial charge in [-0.25, -0.2) is 0 Å². The van der Waals surface area contributed by atoms with Gasteiger partial charge in [-0.2, -0.15) is 6.20 Å². The Morgan fingerprint density at radius 1 is 1.38 bits per heavy atom.